The monoisotopic (exact) mass is 350 g/mol. The predicted octanol–water partition coefficient (Wildman–Crippen LogP) is 4.24. The van der Waals surface area contributed by atoms with E-state index in [1.54, 1.807) is 6.08 Å². The molecule has 0 bridgehead atoms. The zero-order valence-corrected chi connectivity index (χ0v) is 14.7. The summed E-state index contributed by atoms with van der Waals surface area (Å²) in [5, 5.41) is 10.7. The van der Waals surface area contributed by atoms with Gasteiger partial charge in [-0.2, -0.15) is 0 Å². The second-order valence-electron chi connectivity index (χ2n) is 7.01. The highest BCUT2D eigenvalue weighted by Crippen LogP contribution is 2.24. The quantitative estimate of drug-likeness (QED) is 0.359. The van der Waals surface area contributed by atoms with Crippen LogP contribution in [0.4, 0.5) is 5.69 Å². The van der Waals surface area contributed by atoms with E-state index in [0.29, 0.717) is 5.56 Å². The van der Waals surface area contributed by atoms with Gasteiger partial charge in [-0.05, 0) is 34.8 Å². The van der Waals surface area contributed by atoms with Crippen LogP contribution >= 0.6 is 0 Å². The molecule has 2 aromatic carbocycles. The summed E-state index contributed by atoms with van der Waals surface area (Å²) in [4.78, 5) is 26.5. The highest BCUT2D eigenvalue weighted by Gasteiger charge is 2.24. The molecular weight excluding hydrogens is 332 g/mol. The molecule has 0 fully saturated rings. The average molecular weight is 350 g/mol. The number of non-ortho nitro benzene ring substituents is 1. The Morgan fingerprint density at radius 1 is 1.04 bits per heavy atom. The van der Waals surface area contributed by atoms with Gasteiger partial charge in [0.25, 0.3) is 5.69 Å². The molecule has 0 radical (unpaired) electrons. The molecule has 0 saturated heterocycles. The Bertz CT molecular complexity index is 918. The summed E-state index contributed by atoms with van der Waals surface area (Å²) in [6, 6.07) is 13.6. The summed E-state index contributed by atoms with van der Waals surface area (Å²) in [6.45, 7) is 6.40. The van der Waals surface area contributed by atoms with Gasteiger partial charge in [0.05, 0.1) is 4.92 Å². The number of nitro groups is 1. The van der Waals surface area contributed by atoms with Crippen LogP contribution in [0.5, 0.6) is 0 Å². The van der Waals surface area contributed by atoms with Crippen LogP contribution in [-0.2, 0) is 14.9 Å². The smallest absolute Gasteiger partial charge is 0.363 e. The van der Waals surface area contributed by atoms with Gasteiger partial charge in [0, 0.05) is 17.7 Å². The van der Waals surface area contributed by atoms with E-state index in [1.165, 1.54) is 29.8 Å². The van der Waals surface area contributed by atoms with Crippen molar-refractivity contribution < 1.29 is 14.5 Å². The molecule has 1 aliphatic rings. The fourth-order valence-electron chi connectivity index (χ4n) is 2.50. The number of cyclic esters (lactones) is 1. The number of rotatable bonds is 3. The van der Waals surface area contributed by atoms with E-state index in [4.69, 9.17) is 4.74 Å². The molecule has 0 N–H and O–H groups in total. The summed E-state index contributed by atoms with van der Waals surface area (Å²) in [5.41, 5.74) is 2.77. The first kappa shape index (κ1) is 17.5. The first-order valence-electron chi connectivity index (χ1n) is 8.12. The number of aliphatic imine (C=N–C) groups is 1. The second kappa shape index (κ2) is 6.55. The Hall–Kier alpha value is -3.28. The SMILES string of the molecule is CC(C)(C)c1ccc(/C=C2\N=C(c3ccc([N+](=O)[O-])cc3)OC2=O)cc1. The molecule has 132 valence electrons. The van der Waals surface area contributed by atoms with Crippen LogP contribution in [0.15, 0.2) is 59.2 Å². The standard InChI is InChI=1S/C20H18N2O4/c1-20(2,3)15-8-4-13(5-9-15)12-17-19(23)26-18(21-17)14-6-10-16(11-7-14)22(24)25/h4-12H,1-3H3/b17-12-. The van der Waals surface area contributed by atoms with Gasteiger partial charge in [0.15, 0.2) is 5.70 Å². The topological polar surface area (TPSA) is 81.8 Å². The maximum absolute atomic E-state index is 12.1. The number of ether oxygens (including phenoxy) is 1. The van der Waals surface area contributed by atoms with Crippen molar-refractivity contribution in [3.05, 3.63) is 81.0 Å². The van der Waals surface area contributed by atoms with E-state index in [9.17, 15) is 14.9 Å². The molecule has 0 spiro atoms. The normalized spacial score (nSPS) is 15.7. The number of carbonyl (C=O) groups is 1. The highest BCUT2D eigenvalue weighted by atomic mass is 16.6. The van der Waals surface area contributed by atoms with Gasteiger partial charge in [0.2, 0.25) is 5.90 Å². The van der Waals surface area contributed by atoms with Gasteiger partial charge >= 0.3 is 5.97 Å². The molecule has 1 aliphatic heterocycles. The van der Waals surface area contributed by atoms with E-state index in [0.717, 1.165) is 5.56 Å². The molecule has 1 heterocycles. The first-order valence-corrected chi connectivity index (χ1v) is 8.12. The fraction of sp³-hybridized carbons (Fsp3) is 0.200. The minimum Gasteiger partial charge on any atom is -0.402 e. The number of esters is 1. The van der Waals surface area contributed by atoms with Crippen LogP contribution < -0.4 is 0 Å². The van der Waals surface area contributed by atoms with Crippen molar-refractivity contribution in [1.29, 1.82) is 0 Å². The van der Waals surface area contributed by atoms with Crippen molar-refractivity contribution in [3.63, 3.8) is 0 Å². The Labute approximate surface area is 151 Å². The minimum atomic E-state index is -0.543. The molecule has 6 nitrogen and oxygen atoms in total. The van der Waals surface area contributed by atoms with Gasteiger partial charge in [0.1, 0.15) is 0 Å². The Morgan fingerprint density at radius 2 is 1.65 bits per heavy atom. The summed E-state index contributed by atoms with van der Waals surface area (Å²) < 4.78 is 5.18. The van der Waals surface area contributed by atoms with E-state index >= 15 is 0 Å². The summed E-state index contributed by atoms with van der Waals surface area (Å²) in [5.74, 6) is -0.402. The zero-order valence-electron chi connectivity index (χ0n) is 14.7. The molecule has 0 aromatic heterocycles. The Balaban J connectivity index is 1.85. The minimum absolute atomic E-state index is 0.0339. The molecular formula is C20H18N2O4. The van der Waals surface area contributed by atoms with Crippen molar-refractivity contribution in [2.75, 3.05) is 0 Å². The molecule has 2 aromatic rings. The molecule has 26 heavy (non-hydrogen) atoms. The molecule has 0 amide bonds. The molecule has 0 unspecified atom stereocenters. The van der Waals surface area contributed by atoms with Crippen LogP contribution in [-0.4, -0.2) is 16.8 Å². The zero-order chi connectivity index (χ0) is 18.9. The summed E-state index contributed by atoms with van der Waals surface area (Å²) in [6.07, 6.45) is 1.66. The van der Waals surface area contributed by atoms with E-state index in [2.05, 4.69) is 25.8 Å². The van der Waals surface area contributed by atoms with Gasteiger partial charge in [-0.3, -0.25) is 10.1 Å². The predicted molar refractivity (Wildman–Crippen MR) is 98.8 cm³/mol. The molecule has 0 aliphatic carbocycles. The van der Waals surface area contributed by atoms with Crippen LogP contribution in [0, 0.1) is 10.1 Å². The average Bonchev–Trinajstić information content (AvgIpc) is 2.95. The molecule has 3 rings (SSSR count). The molecule has 0 saturated carbocycles. The fourth-order valence-corrected chi connectivity index (χ4v) is 2.50. The largest absolute Gasteiger partial charge is 0.402 e. The third kappa shape index (κ3) is 3.69. The molecule has 0 atom stereocenters. The van der Waals surface area contributed by atoms with Crippen LogP contribution in [0.1, 0.15) is 37.5 Å². The second-order valence-corrected chi connectivity index (χ2v) is 7.01. The van der Waals surface area contributed by atoms with E-state index in [1.807, 2.05) is 24.3 Å². The number of hydrogen-bond donors (Lipinski definition) is 0. The van der Waals surface area contributed by atoms with Gasteiger partial charge in [-0.15, -0.1) is 0 Å². The van der Waals surface area contributed by atoms with Crippen molar-refractivity contribution in [2.45, 2.75) is 26.2 Å². The summed E-state index contributed by atoms with van der Waals surface area (Å²) in [7, 11) is 0. The van der Waals surface area contributed by atoms with Gasteiger partial charge < -0.3 is 4.74 Å². The molecule has 6 heteroatoms. The lowest BCUT2D eigenvalue weighted by molar-refractivity contribution is -0.384. The Morgan fingerprint density at radius 3 is 2.19 bits per heavy atom. The number of nitro benzene ring substituents is 1. The third-order valence-electron chi connectivity index (χ3n) is 4.03. The van der Waals surface area contributed by atoms with E-state index in [-0.39, 0.29) is 22.7 Å². The van der Waals surface area contributed by atoms with Crippen LogP contribution in [0.3, 0.4) is 0 Å². The van der Waals surface area contributed by atoms with Crippen molar-refractivity contribution >= 4 is 23.6 Å². The third-order valence-corrected chi connectivity index (χ3v) is 4.03. The van der Waals surface area contributed by atoms with Crippen molar-refractivity contribution in [3.8, 4) is 0 Å². The maximum atomic E-state index is 12.1. The summed E-state index contributed by atoms with van der Waals surface area (Å²) >= 11 is 0. The first-order chi connectivity index (χ1) is 12.2. The lowest BCUT2D eigenvalue weighted by Gasteiger charge is -2.18. The van der Waals surface area contributed by atoms with Crippen LogP contribution in [0.2, 0.25) is 0 Å². The lowest BCUT2D eigenvalue weighted by Crippen LogP contribution is -2.10. The number of benzene rings is 2. The number of nitrogens with zero attached hydrogens (tertiary/aromatic N) is 2. The maximum Gasteiger partial charge on any atom is 0.363 e. The number of hydrogen-bond acceptors (Lipinski definition) is 5. The van der Waals surface area contributed by atoms with E-state index < -0.39 is 10.9 Å². The van der Waals surface area contributed by atoms with Gasteiger partial charge in [-0.25, -0.2) is 9.79 Å². The van der Waals surface area contributed by atoms with Crippen molar-refractivity contribution in [1.82, 2.24) is 0 Å². The lowest BCUT2D eigenvalue weighted by atomic mass is 9.87. The Kier molecular flexibility index (Phi) is 4.42. The van der Waals surface area contributed by atoms with Crippen LogP contribution in [0.25, 0.3) is 6.08 Å². The number of carbonyl (C=O) groups excluding carboxylic acids is 1. The highest BCUT2D eigenvalue weighted by molar-refractivity contribution is 6.12. The van der Waals surface area contributed by atoms with Crippen molar-refractivity contribution in [2.24, 2.45) is 4.99 Å². The van der Waals surface area contributed by atoms with Gasteiger partial charge in [-0.1, -0.05) is 45.0 Å².